The van der Waals surface area contributed by atoms with Crippen molar-refractivity contribution in [2.24, 2.45) is 47.2 Å². The number of rotatable bonds is 8. The molecule has 8 rings (SSSR count). The van der Waals surface area contributed by atoms with Gasteiger partial charge in [0.15, 0.2) is 35.3 Å². The third-order valence-corrected chi connectivity index (χ3v) is 18.4. The van der Waals surface area contributed by atoms with E-state index in [0.717, 1.165) is 0 Å². The van der Waals surface area contributed by atoms with E-state index in [4.69, 9.17) is 38.9 Å². The molecule has 1 aromatic rings. The number of aliphatic hydroxyl groups is 8. The number of primary amides is 1. The van der Waals surface area contributed by atoms with Gasteiger partial charge in [-0.15, -0.1) is 12.4 Å². The van der Waals surface area contributed by atoms with Crippen LogP contribution < -0.4 is 5.73 Å². The van der Waals surface area contributed by atoms with Crippen LogP contribution >= 0.6 is 12.4 Å². The fraction of sp³-hybridized carbons (Fsp3) is 0.737. The second kappa shape index (κ2) is 25.0. The number of carbonyl (C=O) groups is 5. The summed E-state index contributed by atoms with van der Waals surface area (Å²) >= 11 is 0. The van der Waals surface area contributed by atoms with Crippen LogP contribution in [-0.4, -0.2) is 224 Å². The fourth-order valence-electron chi connectivity index (χ4n) is 13.5. The average Bonchev–Trinajstić information content (AvgIpc) is 2.92. The molecule has 3 aliphatic carbocycles. The molecular formula is C57H86ClN3O21. The van der Waals surface area contributed by atoms with Crippen molar-refractivity contribution in [3.8, 4) is 5.75 Å². The van der Waals surface area contributed by atoms with Gasteiger partial charge in [-0.25, -0.2) is 0 Å². The van der Waals surface area contributed by atoms with Crippen molar-refractivity contribution in [1.29, 1.82) is 0 Å². The van der Waals surface area contributed by atoms with Crippen LogP contribution in [0.25, 0.3) is 0 Å². The summed E-state index contributed by atoms with van der Waals surface area (Å²) < 4.78 is 43.0. The Kier molecular flexibility index (Phi) is 20.4. The summed E-state index contributed by atoms with van der Waals surface area (Å²) in [6.07, 6.45) is -9.02. The monoisotopic (exact) mass is 1180 g/mol. The van der Waals surface area contributed by atoms with Crippen LogP contribution in [0.1, 0.15) is 97.5 Å². The lowest BCUT2D eigenvalue weighted by Crippen LogP contribution is -2.70. The van der Waals surface area contributed by atoms with Crippen molar-refractivity contribution < 1.29 is 103 Å². The highest BCUT2D eigenvalue weighted by Gasteiger charge is 2.69. The number of methoxy groups -OCH3 is 1. The van der Waals surface area contributed by atoms with Crippen LogP contribution in [-0.2, 0) is 57.9 Å². The number of phenolic OH excluding ortho intramolecular Hbond substituents is 1. The summed E-state index contributed by atoms with van der Waals surface area (Å²) in [4.78, 5) is 69.5. The molecule has 24 atom stereocenters. The van der Waals surface area contributed by atoms with Gasteiger partial charge in [-0.1, -0.05) is 39.8 Å². The predicted octanol–water partition coefficient (Wildman–Crippen LogP) is 1.09. The molecule has 7 aliphatic rings. The number of hydrogen-bond donors (Lipinski definition) is 10. The molecule has 0 radical (unpaired) electrons. The Bertz CT molecular complexity index is 2630. The van der Waals surface area contributed by atoms with Crippen LogP contribution in [0.2, 0.25) is 0 Å². The lowest BCUT2D eigenvalue weighted by atomic mass is 9.54. The minimum atomic E-state index is -3.02. The van der Waals surface area contributed by atoms with Gasteiger partial charge in [0.2, 0.25) is 5.78 Å². The highest BCUT2D eigenvalue weighted by atomic mass is 35.5. The third kappa shape index (κ3) is 11.8. The molecule has 4 heterocycles. The Morgan fingerprint density at radius 3 is 1.96 bits per heavy atom. The number of Topliss-reactive ketones (excluding diaryl/α,β-unsaturated/α-hetero) is 3. The summed E-state index contributed by atoms with van der Waals surface area (Å²) in [5.74, 6) is -13.4. The smallest absolute Gasteiger partial charge is 0.311 e. The van der Waals surface area contributed by atoms with Crippen molar-refractivity contribution >= 4 is 41.6 Å². The lowest BCUT2D eigenvalue weighted by Gasteiger charge is -2.55. The molecule has 1 spiro atoms. The zero-order valence-corrected chi connectivity index (χ0v) is 49.8. The van der Waals surface area contributed by atoms with E-state index in [9.17, 15) is 69.9 Å². The van der Waals surface area contributed by atoms with Crippen LogP contribution in [0.5, 0.6) is 5.75 Å². The molecule has 4 fully saturated rings. The number of carbonyl (C=O) groups excluding carboxylic acids is 5. The Balaban J connectivity index is 0.000000278. The Morgan fingerprint density at radius 2 is 1.40 bits per heavy atom. The molecule has 462 valence electrons. The minimum absolute atomic E-state index is 0. The molecule has 4 aliphatic heterocycles. The number of phenols is 1. The van der Waals surface area contributed by atoms with Crippen molar-refractivity contribution in [3.63, 3.8) is 0 Å². The number of esters is 1. The molecule has 4 saturated heterocycles. The molecule has 82 heavy (non-hydrogen) atoms. The van der Waals surface area contributed by atoms with E-state index < -0.39 is 178 Å². The SMILES string of the molecule is CN(C)C1C(O)=C(C(N)=O)C(=O)C2(O)C(O)=C3C(=O)c4c(O)cccc4C(C)(O)C3C(O)C12.CO[C@H]1C[C@H](O[C@H]2[C@H](C)[C@@H](O[C@@H]3O[C@H](C)C[C@H](N(C)C)[C@H]3O)[C@@H](C)C[C@@]3(CO3)C(=O)[C@H](C)[C@@H](O)[C@@H](C)[C@@H](C)OC(=O)[C@@H]2C)O[C@@H](C)[C@@H]1O.Cl. The van der Waals surface area contributed by atoms with Crippen LogP contribution in [0, 0.1) is 41.4 Å². The van der Waals surface area contributed by atoms with Gasteiger partial charge in [0.1, 0.15) is 41.2 Å². The first kappa shape index (κ1) is 66.9. The molecule has 0 saturated carbocycles. The van der Waals surface area contributed by atoms with Gasteiger partial charge in [-0.3, -0.25) is 28.9 Å². The first-order chi connectivity index (χ1) is 37.6. The molecule has 6 unspecified atom stereocenters. The number of ether oxygens (including phenoxy) is 7. The van der Waals surface area contributed by atoms with Crippen LogP contribution in [0.4, 0.5) is 0 Å². The Labute approximate surface area is 483 Å². The number of halogens is 1. The van der Waals surface area contributed by atoms with Crippen molar-refractivity contribution in [1.82, 2.24) is 9.80 Å². The maximum atomic E-state index is 13.9. The molecular weight excluding hydrogens is 1100 g/mol. The number of ketones is 3. The van der Waals surface area contributed by atoms with Crippen molar-refractivity contribution in [2.75, 3.05) is 41.9 Å². The topological polar surface area (TPSA) is 368 Å². The number of aromatic hydroxyl groups is 1. The normalized spacial score (nSPS) is 43.7. The fourth-order valence-corrected chi connectivity index (χ4v) is 13.5. The molecule has 1 amide bonds. The van der Waals surface area contributed by atoms with Gasteiger partial charge in [-0.05, 0) is 93.2 Å². The highest BCUT2D eigenvalue weighted by Crippen LogP contribution is 2.57. The number of benzene rings is 1. The molecule has 24 nitrogen and oxygen atoms in total. The van der Waals surface area contributed by atoms with Gasteiger partial charge < -0.3 is 89.8 Å². The predicted molar refractivity (Wildman–Crippen MR) is 292 cm³/mol. The largest absolute Gasteiger partial charge is 0.510 e. The van der Waals surface area contributed by atoms with E-state index in [2.05, 4.69) is 0 Å². The van der Waals surface area contributed by atoms with E-state index in [-0.39, 0.29) is 66.8 Å². The summed E-state index contributed by atoms with van der Waals surface area (Å²) in [7, 11) is 8.18. The number of cyclic esters (lactones) is 1. The summed E-state index contributed by atoms with van der Waals surface area (Å²) in [5.41, 5.74) is -2.98. The maximum Gasteiger partial charge on any atom is 0.311 e. The summed E-state index contributed by atoms with van der Waals surface area (Å²) in [6.45, 7) is 15.9. The van der Waals surface area contributed by atoms with Gasteiger partial charge >= 0.3 is 5.97 Å². The second-order valence-electron chi connectivity index (χ2n) is 24.4. The standard InChI is InChI=1S/C35H61NO12.C22H24N2O9.ClH/c1-16-14-35(15-43-35)32(40)19(4)27(37)18(3)22(7)46-33(41)21(6)31(47-26-13-25(42-11)28(38)23(8)45-26)20(5)30(16)48-34-29(39)24(36(9)10)12-17(2)44-34;1-21(32)7-5-4-6-8(25)9(7)15(26)10-12(21)17(28)13-14(24(2)3)16(27)11(20(23)31)19(30)22(13,33)18(10)29;/h16-31,34,37-39H,12-15H2,1-11H3;4-6,12-14,17,25,27-29,32-33H,1-3H3,(H2,23,31);1H/t16-,17+,18-,19+,20+,21+,22+,23-,24-,25-,26-,27-,28-,29+,30-,31-,34-,35+;;/m0../s1. The molecule has 11 N–H and O–H groups in total. The Hall–Kier alpha value is -4.22. The number of epoxide rings is 1. The van der Waals surface area contributed by atoms with Crippen molar-refractivity contribution in [3.05, 3.63) is 52.0 Å². The zero-order chi connectivity index (χ0) is 60.6. The van der Waals surface area contributed by atoms with E-state index in [1.807, 2.05) is 39.8 Å². The number of fused-ring (bicyclic) bond motifs is 3. The molecule has 25 heteroatoms. The quantitative estimate of drug-likeness (QED) is 0.0989. The second-order valence-corrected chi connectivity index (χ2v) is 24.4. The first-order valence-electron chi connectivity index (χ1n) is 27.7. The number of aliphatic hydroxyl groups excluding tert-OH is 6. The number of amides is 1. The van der Waals surface area contributed by atoms with Gasteiger partial charge in [0.25, 0.3) is 5.91 Å². The lowest BCUT2D eigenvalue weighted by molar-refractivity contribution is -0.299. The summed E-state index contributed by atoms with van der Waals surface area (Å²) in [5, 5.41) is 99.8. The van der Waals surface area contributed by atoms with E-state index in [1.54, 1.807) is 34.6 Å². The van der Waals surface area contributed by atoms with Crippen LogP contribution in [0.3, 0.4) is 0 Å². The minimum Gasteiger partial charge on any atom is -0.510 e. The number of nitrogens with two attached hydrogens (primary N) is 1. The van der Waals surface area contributed by atoms with E-state index >= 15 is 0 Å². The average molecular weight is 1180 g/mol. The zero-order valence-electron chi connectivity index (χ0n) is 49.0. The maximum absolute atomic E-state index is 13.9. The molecule has 1 aromatic carbocycles. The third-order valence-electron chi connectivity index (χ3n) is 18.4. The number of likely N-dealkylation sites (N-methyl/N-ethyl adjacent to an activating group) is 2. The first-order valence-corrected chi connectivity index (χ1v) is 27.7. The van der Waals surface area contributed by atoms with Gasteiger partial charge in [-0.2, -0.15) is 0 Å². The highest BCUT2D eigenvalue weighted by molar-refractivity contribution is 6.25. The van der Waals surface area contributed by atoms with E-state index in [1.165, 1.54) is 51.2 Å². The van der Waals surface area contributed by atoms with Gasteiger partial charge in [0, 0.05) is 37.3 Å². The summed E-state index contributed by atoms with van der Waals surface area (Å²) in [6, 6.07) is 2.32. The molecule has 0 aromatic heterocycles. The van der Waals surface area contributed by atoms with Crippen LogP contribution in [0.15, 0.2) is 40.9 Å². The molecule has 0 bridgehead atoms. The number of nitrogens with zero attached hydrogens (tertiary/aromatic N) is 2. The number of hydrogen-bond acceptors (Lipinski definition) is 23. The van der Waals surface area contributed by atoms with Gasteiger partial charge in [0.05, 0.1) is 89.9 Å². The van der Waals surface area contributed by atoms with Crippen molar-refractivity contribution in [2.45, 2.75) is 184 Å². The van der Waals surface area contributed by atoms with E-state index in [0.29, 0.717) is 6.42 Å². The Morgan fingerprint density at radius 1 is 0.780 bits per heavy atom.